The lowest BCUT2D eigenvalue weighted by molar-refractivity contribution is -0.137. The van der Waals surface area contributed by atoms with Gasteiger partial charge in [-0.3, -0.25) is 4.31 Å². The second-order valence-corrected chi connectivity index (χ2v) is 12.2. The number of benzene rings is 3. The van der Waals surface area contributed by atoms with Gasteiger partial charge in [-0.15, -0.1) is 0 Å². The van der Waals surface area contributed by atoms with E-state index in [0.29, 0.717) is 14.8 Å². The average Bonchev–Trinajstić information content (AvgIpc) is 2.92. The minimum atomic E-state index is -4.81. The molecule has 4 rings (SSSR count). The fourth-order valence-corrected chi connectivity index (χ4v) is 6.22. The Kier molecular flexibility index (Phi) is 8.76. The quantitative estimate of drug-likeness (QED) is 0.321. The monoisotopic (exact) mass is 644 g/mol. The summed E-state index contributed by atoms with van der Waals surface area (Å²) in [5, 5.41) is 11.4. The van der Waals surface area contributed by atoms with Crippen LogP contribution in [0.1, 0.15) is 24.0 Å². The molecule has 0 unspecified atom stereocenters. The van der Waals surface area contributed by atoms with Crippen LogP contribution in [0.3, 0.4) is 0 Å². The molecule has 7 nitrogen and oxygen atoms in total. The van der Waals surface area contributed by atoms with Gasteiger partial charge in [0.2, 0.25) is 0 Å². The van der Waals surface area contributed by atoms with Gasteiger partial charge in [0.1, 0.15) is 12.4 Å². The lowest BCUT2D eigenvalue weighted by atomic mass is 9.91. The van der Waals surface area contributed by atoms with Gasteiger partial charge >= 0.3 is 12.3 Å². The molecule has 40 heavy (non-hydrogen) atoms. The van der Waals surface area contributed by atoms with Gasteiger partial charge in [-0.05, 0) is 54.8 Å². The van der Waals surface area contributed by atoms with Gasteiger partial charge in [-0.2, -0.15) is 13.2 Å². The van der Waals surface area contributed by atoms with Crippen LogP contribution in [0.4, 0.5) is 28.0 Å². The molecular formula is C27H25BrF4N2O5S. The molecule has 0 saturated carbocycles. The van der Waals surface area contributed by atoms with Crippen molar-refractivity contribution in [3.63, 3.8) is 0 Å². The van der Waals surface area contributed by atoms with Crippen molar-refractivity contribution >= 4 is 37.7 Å². The number of hydrogen-bond donors (Lipinski definition) is 1. The fourth-order valence-electron chi connectivity index (χ4n) is 4.28. The minimum absolute atomic E-state index is 0.0164. The Bertz CT molecular complexity index is 1460. The second kappa shape index (κ2) is 11.8. The third kappa shape index (κ3) is 6.94. The van der Waals surface area contributed by atoms with Crippen molar-refractivity contribution in [3.8, 4) is 0 Å². The Balaban J connectivity index is 1.57. The minimum Gasteiger partial charge on any atom is -0.445 e. The summed E-state index contributed by atoms with van der Waals surface area (Å²) < 4.78 is 88.5. The Labute approximate surface area is 237 Å². The number of carbonyl (C=O) groups is 1. The first-order valence-corrected chi connectivity index (χ1v) is 14.3. The van der Waals surface area contributed by atoms with Gasteiger partial charge in [-0.1, -0.05) is 52.3 Å². The molecule has 1 saturated heterocycles. The molecule has 1 N–H and O–H groups in total. The van der Waals surface area contributed by atoms with E-state index in [-0.39, 0.29) is 32.5 Å². The number of anilines is 1. The average molecular weight is 645 g/mol. The maximum Gasteiger partial charge on any atom is 0.416 e. The van der Waals surface area contributed by atoms with Crippen molar-refractivity contribution in [2.75, 3.05) is 23.9 Å². The molecule has 13 heteroatoms. The summed E-state index contributed by atoms with van der Waals surface area (Å²) in [5.74, 6) is -0.954. The number of halogens is 5. The molecule has 0 bridgehead atoms. The van der Waals surface area contributed by atoms with Gasteiger partial charge in [-0.25, -0.2) is 17.6 Å². The Morgan fingerprint density at radius 2 is 1.70 bits per heavy atom. The normalized spacial score (nSPS) is 15.5. The van der Waals surface area contributed by atoms with Crippen LogP contribution in [0.2, 0.25) is 0 Å². The first-order valence-electron chi connectivity index (χ1n) is 12.1. The van der Waals surface area contributed by atoms with Crippen LogP contribution in [-0.4, -0.2) is 49.8 Å². The molecule has 1 amide bonds. The van der Waals surface area contributed by atoms with Gasteiger partial charge in [0.05, 0.1) is 28.3 Å². The molecule has 214 valence electrons. The van der Waals surface area contributed by atoms with Gasteiger partial charge in [0.15, 0.2) is 0 Å². The maximum atomic E-state index is 14.9. The van der Waals surface area contributed by atoms with Crippen LogP contribution in [0.15, 0.2) is 82.2 Å². The number of amides is 1. The highest BCUT2D eigenvalue weighted by atomic mass is 79.9. The predicted octanol–water partition coefficient (Wildman–Crippen LogP) is 5.97. The van der Waals surface area contributed by atoms with E-state index in [1.165, 1.54) is 17.0 Å². The van der Waals surface area contributed by atoms with Crippen LogP contribution < -0.4 is 4.31 Å². The first kappa shape index (κ1) is 29.8. The maximum absolute atomic E-state index is 14.9. The third-order valence-electron chi connectivity index (χ3n) is 6.52. The lowest BCUT2D eigenvalue weighted by Gasteiger charge is -2.40. The summed E-state index contributed by atoms with van der Waals surface area (Å²) in [4.78, 5) is 13.2. The highest BCUT2D eigenvalue weighted by molar-refractivity contribution is 9.10. The summed E-state index contributed by atoms with van der Waals surface area (Å²) in [6.07, 6.45) is -5.59. The molecule has 0 aliphatic carbocycles. The van der Waals surface area contributed by atoms with E-state index in [9.17, 15) is 35.9 Å². The number of rotatable bonds is 7. The van der Waals surface area contributed by atoms with Crippen LogP contribution in [0.5, 0.6) is 0 Å². The van der Waals surface area contributed by atoms with E-state index in [1.807, 2.05) is 6.07 Å². The predicted molar refractivity (Wildman–Crippen MR) is 142 cm³/mol. The van der Waals surface area contributed by atoms with Crippen molar-refractivity contribution in [3.05, 3.63) is 94.2 Å². The number of carbonyl (C=O) groups excluding carboxylic acids is 1. The molecule has 0 spiro atoms. The van der Waals surface area contributed by atoms with Crippen molar-refractivity contribution in [1.82, 2.24) is 4.90 Å². The number of sulfonamides is 1. The van der Waals surface area contributed by atoms with Crippen molar-refractivity contribution in [1.29, 1.82) is 0 Å². The molecule has 0 aromatic heterocycles. The third-order valence-corrected chi connectivity index (χ3v) is 8.77. The molecule has 1 aliphatic rings. The molecule has 1 fully saturated rings. The van der Waals surface area contributed by atoms with Crippen LogP contribution in [-0.2, 0) is 27.5 Å². The van der Waals surface area contributed by atoms with Crippen LogP contribution >= 0.6 is 15.9 Å². The molecule has 1 heterocycles. The zero-order chi connectivity index (χ0) is 29.1. The smallest absolute Gasteiger partial charge is 0.416 e. The fraction of sp³-hybridized carbons (Fsp3) is 0.296. The lowest BCUT2D eigenvalue weighted by Crippen LogP contribution is -2.53. The molecule has 0 radical (unpaired) electrons. The van der Waals surface area contributed by atoms with Gasteiger partial charge in [0, 0.05) is 17.6 Å². The summed E-state index contributed by atoms with van der Waals surface area (Å²) in [6, 6.07) is 15.6. The zero-order valence-electron chi connectivity index (χ0n) is 20.9. The summed E-state index contributed by atoms with van der Waals surface area (Å²) >= 11 is 3.16. The Hall–Kier alpha value is -3.16. The molecule has 1 aliphatic heterocycles. The standard InChI is InChI=1S/C27H25BrF4N2O5S/c28-21-9-10-23(29)24(16-21)34(40(37,38)22-8-4-7-20(15-22)27(30,31)32)18-26(36)11-13-33(14-12-26)25(35)39-17-19-5-2-1-3-6-19/h1-10,15-16,36H,11-14,17-18H2. The number of likely N-dealkylation sites (tertiary alicyclic amines) is 1. The molecular weight excluding hydrogens is 620 g/mol. The van der Waals surface area contributed by atoms with Gasteiger partial charge < -0.3 is 14.7 Å². The number of aliphatic hydroxyl groups is 1. The molecule has 0 atom stereocenters. The number of nitrogens with zero attached hydrogens (tertiary/aromatic N) is 2. The van der Waals surface area contributed by atoms with Crippen molar-refractivity contribution < 1.29 is 40.6 Å². The first-order chi connectivity index (χ1) is 18.8. The highest BCUT2D eigenvalue weighted by Gasteiger charge is 2.41. The summed E-state index contributed by atoms with van der Waals surface area (Å²) in [7, 11) is -4.78. The van der Waals surface area contributed by atoms with Crippen LogP contribution in [0, 0.1) is 5.82 Å². The zero-order valence-corrected chi connectivity index (χ0v) is 23.3. The topological polar surface area (TPSA) is 87.2 Å². The second-order valence-electron chi connectivity index (χ2n) is 9.38. The van der Waals surface area contributed by atoms with Crippen molar-refractivity contribution in [2.24, 2.45) is 0 Å². The van der Waals surface area contributed by atoms with Gasteiger partial charge in [0.25, 0.3) is 10.0 Å². The van der Waals surface area contributed by atoms with E-state index in [2.05, 4.69) is 15.9 Å². The van der Waals surface area contributed by atoms with E-state index in [4.69, 9.17) is 4.74 Å². The summed E-state index contributed by atoms with van der Waals surface area (Å²) in [6.45, 7) is -0.581. The van der Waals surface area contributed by atoms with E-state index in [0.717, 1.165) is 29.8 Å². The highest BCUT2D eigenvalue weighted by Crippen LogP contribution is 2.36. The number of hydrogen-bond acceptors (Lipinski definition) is 5. The Morgan fingerprint density at radius 3 is 2.35 bits per heavy atom. The van der Waals surface area contributed by atoms with Crippen molar-refractivity contribution in [2.45, 2.75) is 36.1 Å². The molecule has 3 aromatic carbocycles. The van der Waals surface area contributed by atoms with E-state index < -0.39 is 56.4 Å². The largest absolute Gasteiger partial charge is 0.445 e. The number of alkyl halides is 3. The number of piperidine rings is 1. The summed E-state index contributed by atoms with van der Waals surface area (Å²) in [5.41, 5.74) is -2.58. The number of ether oxygens (including phenoxy) is 1. The Morgan fingerprint density at radius 1 is 1.02 bits per heavy atom. The van der Waals surface area contributed by atoms with E-state index in [1.54, 1.807) is 24.3 Å². The SMILES string of the molecule is O=C(OCc1ccccc1)N1CCC(O)(CN(c2cc(Br)ccc2F)S(=O)(=O)c2cccc(C(F)(F)F)c2)CC1. The van der Waals surface area contributed by atoms with Crippen LogP contribution in [0.25, 0.3) is 0 Å². The molecule has 3 aromatic rings. The van der Waals surface area contributed by atoms with E-state index >= 15 is 0 Å².